The highest BCUT2D eigenvalue weighted by molar-refractivity contribution is 7.92. The molecule has 6 nitrogen and oxygen atoms in total. The number of benzene rings is 1. The van der Waals surface area contributed by atoms with E-state index in [1.54, 1.807) is 0 Å². The quantitative estimate of drug-likeness (QED) is 0.836. The first kappa shape index (κ1) is 14.1. The number of nitrogens with zero attached hydrogens (tertiary/aromatic N) is 1. The molecule has 0 aliphatic rings. The third-order valence-corrected chi connectivity index (χ3v) is 3.88. The minimum atomic E-state index is -4.02. The van der Waals surface area contributed by atoms with Crippen LogP contribution in [0.3, 0.4) is 0 Å². The maximum Gasteiger partial charge on any atom is 0.265 e. The Morgan fingerprint density at radius 2 is 2.10 bits per heavy atom. The molecule has 1 heterocycles. The lowest BCUT2D eigenvalue weighted by molar-refractivity contribution is 0.403. The molecule has 106 valence electrons. The van der Waals surface area contributed by atoms with E-state index >= 15 is 0 Å². The van der Waals surface area contributed by atoms with E-state index in [4.69, 9.17) is 10.5 Å². The SMILES string of the molecule is COc1ccc(N)cc1S(=O)(=O)Nc1ccncc1F. The Morgan fingerprint density at radius 3 is 2.75 bits per heavy atom. The summed E-state index contributed by atoms with van der Waals surface area (Å²) in [4.78, 5) is 3.37. The molecule has 0 saturated carbocycles. The number of methoxy groups -OCH3 is 1. The van der Waals surface area contributed by atoms with Gasteiger partial charge in [0.25, 0.3) is 10.0 Å². The van der Waals surface area contributed by atoms with Crippen LogP contribution in [-0.4, -0.2) is 20.5 Å². The van der Waals surface area contributed by atoms with Crippen molar-refractivity contribution in [3.63, 3.8) is 0 Å². The molecule has 0 unspecified atom stereocenters. The number of hydrogen-bond donors (Lipinski definition) is 2. The zero-order chi connectivity index (χ0) is 14.8. The molecule has 0 fully saturated rings. The van der Waals surface area contributed by atoms with Gasteiger partial charge in [-0.3, -0.25) is 9.71 Å². The van der Waals surface area contributed by atoms with Gasteiger partial charge in [-0.2, -0.15) is 0 Å². The molecule has 3 N–H and O–H groups in total. The lowest BCUT2D eigenvalue weighted by Gasteiger charge is -2.12. The van der Waals surface area contributed by atoms with Crippen molar-refractivity contribution in [1.29, 1.82) is 0 Å². The number of nitrogens with one attached hydrogen (secondary N) is 1. The van der Waals surface area contributed by atoms with Gasteiger partial charge in [0.15, 0.2) is 5.82 Å². The Kier molecular flexibility index (Phi) is 3.75. The third kappa shape index (κ3) is 2.80. The van der Waals surface area contributed by atoms with Crippen molar-refractivity contribution in [3.8, 4) is 5.75 Å². The predicted octanol–water partition coefficient (Wildman–Crippen LogP) is 1.61. The Morgan fingerprint density at radius 1 is 1.35 bits per heavy atom. The van der Waals surface area contributed by atoms with Crippen LogP contribution in [0.15, 0.2) is 41.6 Å². The summed E-state index contributed by atoms with van der Waals surface area (Å²) in [7, 11) is -2.69. The Labute approximate surface area is 115 Å². The van der Waals surface area contributed by atoms with E-state index in [2.05, 4.69) is 9.71 Å². The minimum absolute atomic E-state index is 0.112. The monoisotopic (exact) mass is 297 g/mol. The van der Waals surface area contributed by atoms with Gasteiger partial charge in [0.05, 0.1) is 19.0 Å². The van der Waals surface area contributed by atoms with Crippen LogP contribution in [0.5, 0.6) is 5.75 Å². The molecule has 8 heteroatoms. The van der Waals surface area contributed by atoms with Crippen LogP contribution in [0.25, 0.3) is 0 Å². The number of sulfonamides is 1. The smallest absolute Gasteiger partial charge is 0.265 e. The van der Waals surface area contributed by atoms with E-state index < -0.39 is 15.8 Å². The van der Waals surface area contributed by atoms with Crippen molar-refractivity contribution in [2.24, 2.45) is 0 Å². The van der Waals surface area contributed by atoms with E-state index in [0.717, 1.165) is 6.20 Å². The molecular weight excluding hydrogens is 285 g/mol. The van der Waals surface area contributed by atoms with Crippen LogP contribution in [0.4, 0.5) is 15.8 Å². The molecule has 2 rings (SSSR count). The summed E-state index contributed by atoms with van der Waals surface area (Å²) in [5.41, 5.74) is 5.62. The van der Waals surface area contributed by atoms with Gasteiger partial charge < -0.3 is 10.5 Å². The van der Waals surface area contributed by atoms with E-state index in [0.29, 0.717) is 0 Å². The Bertz CT molecular complexity index is 734. The van der Waals surface area contributed by atoms with Gasteiger partial charge in [-0.15, -0.1) is 0 Å². The molecule has 2 aromatic rings. The lowest BCUT2D eigenvalue weighted by atomic mass is 10.3. The van der Waals surface area contributed by atoms with Gasteiger partial charge in [0.1, 0.15) is 10.6 Å². The van der Waals surface area contributed by atoms with Crippen LogP contribution >= 0.6 is 0 Å². The number of nitrogen functional groups attached to an aromatic ring is 1. The molecule has 0 radical (unpaired) electrons. The molecule has 0 aliphatic heterocycles. The molecule has 0 spiro atoms. The number of nitrogens with two attached hydrogens (primary N) is 1. The molecular formula is C12H12FN3O3S. The van der Waals surface area contributed by atoms with Gasteiger partial charge in [0.2, 0.25) is 0 Å². The fourth-order valence-corrected chi connectivity index (χ4v) is 2.83. The summed E-state index contributed by atoms with van der Waals surface area (Å²) in [6.07, 6.45) is 2.19. The first-order valence-corrected chi connectivity index (χ1v) is 6.98. The number of anilines is 2. The second-order valence-electron chi connectivity index (χ2n) is 3.87. The number of aromatic nitrogens is 1. The van der Waals surface area contributed by atoms with E-state index in [1.165, 1.54) is 37.6 Å². The highest BCUT2D eigenvalue weighted by Crippen LogP contribution is 2.28. The summed E-state index contributed by atoms with van der Waals surface area (Å²) in [6.45, 7) is 0. The van der Waals surface area contributed by atoms with Crippen LogP contribution in [0.2, 0.25) is 0 Å². The van der Waals surface area contributed by atoms with E-state index in [1.807, 2.05) is 0 Å². The molecule has 1 aromatic heterocycles. The summed E-state index contributed by atoms with van der Waals surface area (Å²) in [5, 5.41) is 0. The average Bonchev–Trinajstić information content (AvgIpc) is 2.41. The summed E-state index contributed by atoms with van der Waals surface area (Å²) in [5.74, 6) is -0.667. The molecule has 0 atom stereocenters. The molecule has 0 aliphatic carbocycles. The average molecular weight is 297 g/mol. The van der Waals surface area contributed by atoms with Crippen LogP contribution in [0, 0.1) is 5.82 Å². The summed E-state index contributed by atoms with van der Waals surface area (Å²) in [6, 6.07) is 5.38. The van der Waals surface area contributed by atoms with Crippen molar-refractivity contribution in [1.82, 2.24) is 4.98 Å². The fourth-order valence-electron chi connectivity index (χ4n) is 1.56. The summed E-state index contributed by atoms with van der Waals surface area (Å²) >= 11 is 0. The number of pyridine rings is 1. The first-order valence-electron chi connectivity index (χ1n) is 5.50. The highest BCUT2D eigenvalue weighted by atomic mass is 32.2. The molecule has 0 saturated heterocycles. The van der Waals surface area contributed by atoms with Crippen LogP contribution in [-0.2, 0) is 10.0 Å². The van der Waals surface area contributed by atoms with E-state index in [9.17, 15) is 12.8 Å². The predicted molar refractivity (Wildman–Crippen MR) is 72.4 cm³/mol. The molecule has 20 heavy (non-hydrogen) atoms. The van der Waals surface area contributed by atoms with Gasteiger partial charge in [-0.1, -0.05) is 0 Å². The standard InChI is InChI=1S/C12H12FN3O3S/c1-19-11-3-2-8(14)6-12(11)20(17,18)16-10-4-5-15-7-9(10)13/h2-7H,14H2,1H3,(H,15,16). The second-order valence-corrected chi connectivity index (χ2v) is 5.52. The number of hydrogen-bond acceptors (Lipinski definition) is 5. The fraction of sp³-hybridized carbons (Fsp3) is 0.0833. The topological polar surface area (TPSA) is 94.3 Å². The Hall–Kier alpha value is -2.35. The van der Waals surface area contributed by atoms with E-state index in [-0.39, 0.29) is 22.0 Å². The van der Waals surface area contributed by atoms with Crippen molar-refractivity contribution in [2.45, 2.75) is 4.90 Å². The van der Waals surface area contributed by atoms with Crippen molar-refractivity contribution < 1.29 is 17.5 Å². The van der Waals surface area contributed by atoms with Gasteiger partial charge in [-0.25, -0.2) is 12.8 Å². The van der Waals surface area contributed by atoms with Crippen molar-refractivity contribution in [3.05, 3.63) is 42.5 Å². The highest BCUT2D eigenvalue weighted by Gasteiger charge is 2.21. The van der Waals surface area contributed by atoms with Crippen LogP contribution in [0.1, 0.15) is 0 Å². The minimum Gasteiger partial charge on any atom is -0.495 e. The number of rotatable bonds is 4. The van der Waals surface area contributed by atoms with Gasteiger partial charge >= 0.3 is 0 Å². The zero-order valence-electron chi connectivity index (χ0n) is 10.5. The van der Waals surface area contributed by atoms with Crippen molar-refractivity contribution >= 4 is 21.4 Å². The second kappa shape index (κ2) is 5.33. The largest absolute Gasteiger partial charge is 0.495 e. The maximum absolute atomic E-state index is 13.5. The molecule has 0 amide bonds. The number of ether oxygens (including phenoxy) is 1. The zero-order valence-corrected chi connectivity index (χ0v) is 11.3. The van der Waals surface area contributed by atoms with Crippen molar-refractivity contribution in [2.75, 3.05) is 17.6 Å². The first-order chi connectivity index (χ1) is 9.44. The van der Waals surface area contributed by atoms with Gasteiger partial charge in [0, 0.05) is 11.9 Å². The lowest BCUT2D eigenvalue weighted by Crippen LogP contribution is -2.15. The molecule has 1 aromatic carbocycles. The maximum atomic E-state index is 13.5. The Balaban J connectivity index is 2.46. The normalized spacial score (nSPS) is 11.1. The van der Waals surface area contributed by atoms with Crippen LogP contribution < -0.4 is 15.2 Å². The van der Waals surface area contributed by atoms with Gasteiger partial charge in [-0.05, 0) is 24.3 Å². The third-order valence-electron chi connectivity index (χ3n) is 2.49. The number of halogens is 1. The summed E-state index contributed by atoms with van der Waals surface area (Å²) < 4.78 is 45.1. The molecule has 0 bridgehead atoms.